The molecule has 1 fully saturated rings. The molecular weight excluding hydrogens is 454 g/mol. The lowest BCUT2D eigenvalue weighted by molar-refractivity contribution is -0.116. The first-order chi connectivity index (χ1) is 16.7. The van der Waals surface area contributed by atoms with Crippen molar-refractivity contribution in [3.8, 4) is 0 Å². The summed E-state index contributed by atoms with van der Waals surface area (Å²) >= 11 is 5.80. The van der Waals surface area contributed by atoms with E-state index in [1.165, 1.54) is 17.0 Å². The van der Waals surface area contributed by atoms with Gasteiger partial charge in [-0.25, -0.2) is 0 Å². The van der Waals surface area contributed by atoms with Crippen LogP contribution >= 0.6 is 12.2 Å². The Balaban J connectivity index is 1.62. The van der Waals surface area contributed by atoms with Crippen molar-refractivity contribution in [2.75, 3.05) is 11.9 Å². The lowest BCUT2D eigenvalue weighted by Crippen LogP contribution is -2.33. The predicted molar refractivity (Wildman–Crippen MR) is 146 cm³/mol. The number of aryl methyl sites for hydroxylation is 3. The average molecular weight is 490 g/mol. The smallest absolute Gasteiger partial charge is 0.226 e. The van der Waals surface area contributed by atoms with E-state index in [2.05, 4.69) is 64.9 Å². The largest absolute Gasteiger partial charge is 0.352 e. The van der Waals surface area contributed by atoms with E-state index in [4.69, 9.17) is 12.2 Å². The van der Waals surface area contributed by atoms with Crippen molar-refractivity contribution in [1.82, 2.24) is 19.8 Å². The van der Waals surface area contributed by atoms with Crippen LogP contribution in [-0.4, -0.2) is 32.0 Å². The maximum atomic E-state index is 12.9. The quantitative estimate of drug-likeness (QED) is 0.417. The first-order valence-corrected chi connectivity index (χ1v) is 12.6. The van der Waals surface area contributed by atoms with Crippen LogP contribution in [0.1, 0.15) is 72.2 Å². The molecule has 3 aromatic rings. The number of thiocarbonyl (C=S) groups is 1. The van der Waals surface area contributed by atoms with Gasteiger partial charge in [0.05, 0.1) is 17.8 Å². The molecular formula is C28H35N5OS. The van der Waals surface area contributed by atoms with Crippen LogP contribution in [-0.2, 0) is 4.79 Å². The molecule has 7 heteroatoms. The summed E-state index contributed by atoms with van der Waals surface area (Å²) in [5.74, 6) is -0.0193. The highest BCUT2D eigenvalue weighted by Gasteiger charge is 2.41. The first kappa shape index (κ1) is 24.9. The molecule has 3 heterocycles. The molecule has 2 aromatic heterocycles. The van der Waals surface area contributed by atoms with Gasteiger partial charge in [0.1, 0.15) is 0 Å². The third-order valence-electron chi connectivity index (χ3n) is 6.80. The molecule has 6 nitrogen and oxygen atoms in total. The van der Waals surface area contributed by atoms with Gasteiger partial charge in [0.2, 0.25) is 5.91 Å². The number of nitrogens with one attached hydrogen (secondary N) is 2. The van der Waals surface area contributed by atoms with E-state index in [0.717, 1.165) is 22.5 Å². The molecule has 0 aliphatic carbocycles. The molecule has 4 rings (SSSR count). The van der Waals surface area contributed by atoms with Crippen molar-refractivity contribution in [2.24, 2.45) is 0 Å². The Morgan fingerprint density at radius 3 is 2.57 bits per heavy atom. The summed E-state index contributed by atoms with van der Waals surface area (Å²) in [6.07, 6.45) is 2.15. The van der Waals surface area contributed by atoms with Crippen molar-refractivity contribution in [3.63, 3.8) is 0 Å². The summed E-state index contributed by atoms with van der Waals surface area (Å²) in [6.45, 7) is 13.3. The normalized spacial score (nSPS) is 17.7. The Kier molecular flexibility index (Phi) is 7.26. The second kappa shape index (κ2) is 10.2. The van der Waals surface area contributed by atoms with Crippen molar-refractivity contribution in [1.29, 1.82) is 0 Å². The van der Waals surface area contributed by atoms with Gasteiger partial charge in [-0.1, -0.05) is 18.2 Å². The number of nitrogens with zero attached hydrogens (tertiary/aromatic N) is 3. The molecule has 0 spiro atoms. The van der Waals surface area contributed by atoms with Crippen molar-refractivity contribution in [3.05, 3.63) is 82.4 Å². The summed E-state index contributed by atoms with van der Waals surface area (Å²) in [4.78, 5) is 19.7. The van der Waals surface area contributed by atoms with Gasteiger partial charge in [0.15, 0.2) is 5.11 Å². The van der Waals surface area contributed by atoms with Crippen LogP contribution < -0.4 is 10.6 Å². The number of pyridine rings is 1. The summed E-state index contributed by atoms with van der Waals surface area (Å²) in [5, 5.41) is 7.23. The molecule has 1 saturated heterocycles. The number of hydrogen-bond donors (Lipinski definition) is 2. The van der Waals surface area contributed by atoms with Crippen LogP contribution in [0.15, 0.2) is 48.7 Å². The molecule has 0 saturated carbocycles. The lowest BCUT2D eigenvalue weighted by atomic mass is 9.96. The molecule has 0 unspecified atom stereocenters. The van der Waals surface area contributed by atoms with Gasteiger partial charge in [-0.05, 0) is 94.7 Å². The van der Waals surface area contributed by atoms with Crippen molar-refractivity contribution < 1.29 is 4.79 Å². The second-order valence-electron chi connectivity index (χ2n) is 9.73. The minimum atomic E-state index is -0.0908. The number of amides is 1. The van der Waals surface area contributed by atoms with Crippen LogP contribution in [0.2, 0.25) is 0 Å². The molecule has 0 radical (unpaired) electrons. The van der Waals surface area contributed by atoms with Gasteiger partial charge >= 0.3 is 0 Å². The molecule has 2 atom stereocenters. The SMILES string of the molecule is Cc1ccc(C)c(NC(=O)CCN2C(=S)N[C@H](c3ccccn3)[C@@H]2c2cc(C)n(C(C)C)c2C)c1. The minimum absolute atomic E-state index is 0.0193. The number of hydrogen-bond acceptors (Lipinski definition) is 3. The predicted octanol–water partition coefficient (Wildman–Crippen LogP) is 5.70. The first-order valence-electron chi connectivity index (χ1n) is 12.2. The second-order valence-corrected chi connectivity index (χ2v) is 10.1. The van der Waals surface area contributed by atoms with Gasteiger partial charge in [-0.3, -0.25) is 9.78 Å². The number of rotatable bonds is 7. The highest BCUT2D eigenvalue weighted by molar-refractivity contribution is 7.80. The van der Waals surface area contributed by atoms with E-state index < -0.39 is 0 Å². The number of carbonyl (C=O) groups is 1. The molecule has 1 aliphatic heterocycles. The Bertz CT molecular complexity index is 1230. The lowest BCUT2D eigenvalue weighted by Gasteiger charge is -2.28. The molecule has 184 valence electrons. The molecule has 0 bridgehead atoms. The number of carbonyl (C=O) groups excluding carboxylic acids is 1. The van der Waals surface area contributed by atoms with Gasteiger partial charge in [-0.2, -0.15) is 0 Å². The number of aromatic nitrogens is 2. The average Bonchev–Trinajstić information content (AvgIpc) is 3.30. The molecule has 1 aromatic carbocycles. The monoisotopic (exact) mass is 489 g/mol. The highest BCUT2D eigenvalue weighted by Crippen LogP contribution is 2.41. The van der Waals surface area contributed by atoms with E-state index in [0.29, 0.717) is 24.1 Å². The number of anilines is 1. The van der Waals surface area contributed by atoms with E-state index >= 15 is 0 Å². The standard InChI is InChI=1S/C28H35N5OS/c1-17(2)33-20(5)16-22(21(33)6)27-26(23-9-7-8-13-29-23)31-28(35)32(27)14-12-25(34)30-24-15-18(3)10-11-19(24)4/h7-11,13,15-17,26-27H,12,14H2,1-6H3,(H,30,34)(H,31,35)/t26-,27+/m1/s1. The fraction of sp³-hybridized carbons (Fsp3) is 0.393. The third kappa shape index (κ3) is 5.10. The maximum absolute atomic E-state index is 12.9. The maximum Gasteiger partial charge on any atom is 0.226 e. The molecule has 1 amide bonds. The van der Waals surface area contributed by atoms with E-state index in [9.17, 15) is 4.79 Å². The molecule has 35 heavy (non-hydrogen) atoms. The number of benzene rings is 1. The minimum Gasteiger partial charge on any atom is -0.352 e. The fourth-order valence-corrected chi connectivity index (χ4v) is 5.52. The van der Waals surface area contributed by atoms with Crippen LogP contribution in [0.4, 0.5) is 5.69 Å². The highest BCUT2D eigenvalue weighted by atomic mass is 32.1. The summed E-state index contributed by atoms with van der Waals surface area (Å²) < 4.78 is 2.36. The van der Waals surface area contributed by atoms with E-state index in [1.54, 1.807) is 0 Å². The zero-order valence-electron chi connectivity index (χ0n) is 21.4. The van der Waals surface area contributed by atoms with Crippen LogP contribution in [0.3, 0.4) is 0 Å². The zero-order chi connectivity index (χ0) is 25.3. The van der Waals surface area contributed by atoms with Gasteiger partial charge in [0, 0.05) is 42.3 Å². The zero-order valence-corrected chi connectivity index (χ0v) is 22.2. The topological polar surface area (TPSA) is 62.2 Å². The Hall–Kier alpha value is -3.19. The van der Waals surface area contributed by atoms with E-state index in [1.807, 2.05) is 50.4 Å². The van der Waals surface area contributed by atoms with Gasteiger partial charge < -0.3 is 20.1 Å². The summed E-state index contributed by atoms with van der Waals surface area (Å²) in [7, 11) is 0. The van der Waals surface area contributed by atoms with Crippen LogP contribution in [0.25, 0.3) is 0 Å². The van der Waals surface area contributed by atoms with Crippen LogP contribution in [0, 0.1) is 27.7 Å². The Morgan fingerprint density at radius 2 is 1.91 bits per heavy atom. The Labute approximate surface area is 213 Å². The molecule has 2 N–H and O–H groups in total. The van der Waals surface area contributed by atoms with E-state index in [-0.39, 0.29) is 18.0 Å². The van der Waals surface area contributed by atoms with Crippen molar-refractivity contribution in [2.45, 2.75) is 66.1 Å². The molecule has 1 aliphatic rings. The Morgan fingerprint density at radius 1 is 1.14 bits per heavy atom. The summed E-state index contributed by atoms with van der Waals surface area (Å²) in [6, 6.07) is 14.5. The third-order valence-corrected chi connectivity index (χ3v) is 7.16. The summed E-state index contributed by atoms with van der Waals surface area (Å²) in [5.41, 5.74) is 7.63. The van der Waals surface area contributed by atoms with Gasteiger partial charge in [0.25, 0.3) is 0 Å². The van der Waals surface area contributed by atoms with Crippen molar-refractivity contribution >= 4 is 28.9 Å². The van der Waals surface area contributed by atoms with Gasteiger partial charge in [-0.15, -0.1) is 0 Å². The fourth-order valence-electron chi connectivity index (χ4n) is 5.19. The van der Waals surface area contributed by atoms with Crippen LogP contribution in [0.5, 0.6) is 0 Å².